The van der Waals surface area contributed by atoms with Crippen molar-refractivity contribution in [2.75, 3.05) is 0 Å². The fourth-order valence-electron chi connectivity index (χ4n) is 2.20. The van der Waals surface area contributed by atoms with Crippen molar-refractivity contribution in [3.05, 3.63) is 18.2 Å². The average Bonchev–Trinajstić information content (AvgIpc) is 2.95. The molecule has 0 spiro atoms. The second-order valence-electron chi connectivity index (χ2n) is 4.45. The fraction of sp³-hybridized carbons (Fsp3) is 0.750. The maximum Gasteiger partial charge on any atom is 0.123 e. The number of nitrogens with zero attached hydrogens (tertiary/aromatic N) is 1. The first-order chi connectivity index (χ1) is 7.35. The van der Waals surface area contributed by atoms with Crippen molar-refractivity contribution in [2.45, 2.75) is 51.6 Å². The zero-order chi connectivity index (χ0) is 10.7. The van der Waals surface area contributed by atoms with Crippen LogP contribution in [0.1, 0.15) is 51.4 Å². The highest BCUT2D eigenvalue weighted by Gasteiger charge is 2.31. The van der Waals surface area contributed by atoms with Crippen molar-refractivity contribution in [3.63, 3.8) is 0 Å². The highest BCUT2D eigenvalue weighted by Crippen LogP contribution is 2.35. The van der Waals surface area contributed by atoms with E-state index in [4.69, 9.17) is 0 Å². The van der Waals surface area contributed by atoms with Crippen molar-refractivity contribution in [3.8, 4) is 0 Å². The summed E-state index contributed by atoms with van der Waals surface area (Å²) in [6, 6.07) is 1.07. The number of hydrogen-bond donors (Lipinski definition) is 2. The Morgan fingerprint density at radius 2 is 2.27 bits per heavy atom. The van der Waals surface area contributed by atoms with Crippen LogP contribution in [0.2, 0.25) is 0 Å². The number of nitrogens with one attached hydrogen (secondary N) is 2. The van der Waals surface area contributed by atoms with Gasteiger partial charge in [0.15, 0.2) is 0 Å². The number of H-pyrrole nitrogens is 1. The van der Waals surface area contributed by atoms with E-state index in [1.54, 1.807) is 0 Å². The molecule has 1 heterocycles. The number of imidazole rings is 1. The lowest BCUT2D eigenvalue weighted by atomic mass is 10.1. The quantitative estimate of drug-likeness (QED) is 0.753. The molecule has 0 bridgehead atoms. The van der Waals surface area contributed by atoms with Crippen LogP contribution in [0, 0.1) is 5.92 Å². The zero-order valence-electron chi connectivity index (χ0n) is 9.66. The SMILES string of the molecule is CCC(NC(CC)C1CC1)c1ncc[nH]1. The predicted molar refractivity (Wildman–Crippen MR) is 61.6 cm³/mol. The van der Waals surface area contributed by atoms with Crippen LogP contribution in [0.3, 0.4) is 0 Å². The van der Waals surface area contributed by atoms with Crippen LogP contribution in [-0.4, -0.2) is 16.0 Å². The average molecular weight is 207 g/mol. The van der Waals surface area contributed by atoms with E-state index in [2.05, 4.69) is 29.1 Å². The lowest BCUT2D eigenvalue weighted by molar-refractivity contribution is 0.374. The van der Waals surface area contributed by atoms with Gasteiger partial charge in [-0.3, -0.25) is 0 Å². The monoisotopic (exact) mass is 207 g/mol. The van der Waals surface area contributed by atoms with Gasteiger partial charge in [0, 0.05) is 18.4 Å². The third-order valence-electron chi connectivity index (χ3n) is 3.30. The summed E-state index contributed by atoms with van der Waals surface area (Å²) in [5.41, 5.74) is 0. The molecule has 3 heteroatoms. The van der Waals surface area contributed by atoms with Gasteiger partial charge >= 0.3 is 0 Å². The molecule has 0 aliphatic heterocycles. The van der Waals surface area contributed by atoms with E-state index in [-0.39, 0.29) is 0 Å². The Kier molecular flexibility index (Phi) is 3.41. The second kappa shape index (κ2) is 4.79. The molecule has 2 atom stereocenters. The molecule has 1 aliphatic rings. The minimum absolute atomic E-state index is 0.394. The third-order valence-corrected chi connectivity index (χ3v) is 3.30. The highest BCUT2D eigenvalue weighted by atomic mass is 15.0. The topological polar surface area (TPSA) is 40.7 Å². The molecule has 0 radical (unpaired) electrons. The summed E-state index contributed by atoms with van der Waals surface area (Å²) in [5, 5.41) is 3.72. The molecular formula is C12H21N3. The zero-order valence-corrected chi connectivity index (χ0v) is 9.66. The van der Waals surface area contributed by atoms with Crippen LogP contribution in [0.25, 0.3) is 0 Å². The molecule has 3 nitrogen and oxygen atoms in total. The van der Waals surface area contributed by atoms with Gasteiger partial charge in [-0.25, -0.2) is 4.98 Å². The van der Waals surface area contributed by atoms with E-state index in [0.29, 0.717) is 12.1 Å². The first-order valence-electron chi connectivity index (χ1n) is 6.10. The lowest BCUT2D eigenvalue weighted by Crippen LogP contribution is -2.34. The molecule has 2 unspecified atom stereocenters. The predicted octanol–water partition coefficient (Wildman–Crippen LogP) is 2.64. The first kappa shape index (κ1) is 10.7. The molecule has 1 saturated carbocycles. The van der Waals surface area contributed by atoms with Gasteiger partial charge < -0.3 is 10.3 Å². The summed E-state index contributed by atoms with van der Waals surface area (Å²) in [7, 11) is 0. The third kappa shape index (κ3) is 2.59. The Hall–Kier alpha value is -0.830. The summed E-state index contributed by atoms with van der Waals surface area (Å²) >= 11 is 0. The Bertz CT molecular complexity index is 277. The standard InChI is InChI=1S/C12H21N3/c1-3-10(9-5-6-9)15-11(4-2)12-13-7-8-14-12/h7-11,15H,3-6H2,1-2H3,(H,13,14). The van der Waals surface area contributed by atoms with Gasteiger partial charge in [0.05, 0.1) is 6.04 Å². The summed E-state index contributed by atoms with van der Waals surface area (Å²) in [6.45, 7) is 4.48. The van der Waals surface area contributed by atoms with Gasteiger partial charge in [0.2, 0.25) is 0 Å². The minimum Gasteiger partial charge on any atom is -0.347 e. The molecular weight excluding hydrogens is 186 g/mol. The fourth-order valence-corrected chi connectivity index (χ4v) is 2.20. The molecule has 1 aliphatic carbocycles. The first-order valence-corrected chi connectivity index (χ1v) is 6.10. The number of rotatable bonds is 6. The lowest BCUT2D eigenvalue weighted by Gasteiger charge is -2.22. The van der Waals surface area contributed by atoms with Gasteiger partial charge in [0.25, 0.3) is 0 Å². The van der Waals surface area contributed by atoms with E-state index in [1.807, 2.05) is 12.4 Å². The number of aromatic nitrogens is 2. The molecule has 0 aromatic carbocycles. The summed E-state index contributed by atoms with van der Waals surface area (Å²) in [4.78, 5) is 7.54. The second-order valence-corrected chi connectivity index (χ2v) is 4.45. The van der Waals surface area contributed by atoms with Gasteiger partial charge in [0.1, 0.15) is 5.82 Å². The van der Waals surface area contributed by atoms with Crippen LogP contribution in [0.15, 0.2) is 12.4 Å². The van der Waals surface area contributed by atoms with Crippen LogP contribution in [0.5, 0.6) is 0 Å². The molecule has 1 aromatic rings. The van der Waals surface area contributed by atoms with E-state index >= 15 is 0 Å². The van der Waals surface area contributed by atoms with Gasteiger partial charge in [-0.2, -0.15) is 0 Å². The van der Waals surface area contributed by atoms with Gasteiger partial charge in [-0.1, -0.05) is 13.8 Å². The normalized spacial score (nSPS) is 20.1. The van der Waals surface area contributed by atoms with Crippen molar-refractivity contribution in [1.29, 1.82) is 0 Å². The van der Waals surface area contributed by atoms with Crippen molar-refractivity contribution in [1.82, 2.24) is 15.3 Å². The molecule has 0 saturated heterocycles. The maximum absolute atomic E-state index is 4.34. The van der Waals surface area contributed by atoms with Crippen LogP contribution >= 0.6 is 0 Å². The number of aromatic amines is 1. The summed E-state index contributed by atoms with van der Waals surface area (Å²) in [5.74, 6) is 2.00. The van der Waals surface area contributed by atoms with Gasteiger partial charge in [-0.15, -0.1) is 0 Å². The maximum atomic E-state index is 4.34. The molecule has 84 valence electrons. The number of hydrogen-bond acceptors (Lipinski definition) is 2. The van der Waals surface area contributed by atoms with Crippen molar-refractivity contribution in [2.24, 2.45) is 5.92 Å². The highest BCUT2D eigenvalue weighted by molar-refractivity contribution is 4.98. The van der Waals surface area contributed by atoms with Crippen LogP contribution < -0.4 is 5.32 Å². The van der Waals surface area contributed by atoms with Gasteiger partial charge in [-0.05, 0) is 31.6 Å². The smallest absolute Gasteiger partial charge is 0.123 e. The molecule has 2 N–H and O–H groups in total. The van der Waals surface area contributed by atoms with Crippen molar-refractivity contribution < 1.29 is 0 Å². The molecule has 2 rings (SSSR count). The molecule has 1 aromatic heterocycles. The van der Waals surface area contributed by atoms with E-state index in [9.17, 15) is 0 Å². The Labute approximate surface area is 91.7 Å². The van der Waals surface area contributed by atoms with Crippen molar-refractivity contribution >= 4 is 0 Å². The largest absolute Gasteiger partial charge is 0.347 e. The Balaban J connectivity index is 1.95. The molecule has 0 amide bonds. The van der Waals surface area contributed by atoms with E-state index < -0.39 is 0 Å². The summed E-state index contributed by atoms with van der Waals surface area (Å²) in [6.07, 6.45) is 8.86. The minimum atomic E-state index is 0.394. The molecule has 1 fully saturated rings. The van der Waals surface area contributed by atoms with E-state index in [1.165, 1.54) is 19.3 Å². The van der Waals surface area contributed by atoms with Crippen LogP contribution in [-0.2, 0) is 0 Å². The Morgan fingerprint density at radius 1 is 1.47 bits per heavy atom. The Morgan fingerprint density at radius 3 is 2.73 bits per heavy atom. The van der Waals surface area contributed by atoms with E-state index in [0.717, 1.165) is 18.2 Å². The van der Waals surface area contributed by atoms with Crippen LogP contribution in [0.4, 0.5) is 0 Å². The summed E-state index contributed by atoms with van der Waals surface area (Å²) < 4.78 is 0. The molecule has 15 heavy (non-hydrogen) atoms.